The molecule has 1 aromatic heterocycles. The van der Waals surface area contributed by atoms with Crippen LogP contribution in [0, 0.1) is 11.6 Å². The number of nitrogens with zero attached hydrogens (tertiary/aromatic N) is 2. The van der Waals surface area contributed by atoms with E-state index in [0.29, 0.717) is 5.56 Å². The lowest BCUT2D eigenvalue weighted by atomic mass is 9.82. The van der Waals surface area contributed by atoms with Crippen molar-refractivity contribution < 1.29 is 23.5 Å². The number of Topliss-reactive ketones (excluding diaryl/α,β-unsaturated/α-hetero) is 1. The van der Waals surface area contributed by atoms with Crippen LogP contribution in [0.25, 0.3) is 0 Å². The number of fused-ring (bicyclic) bond motifs is 1. The zero-order valence-electron chi connectivity index (χ0n) is 15.9. The summed E-state index contributed by atoms with van der Waals surface area (Å²) in [6.07, 6.45) is 0.515. The smallest absolute Gasteiger partial charge is 0.408 e. The summed E-state index contributed by atoms with van der Waals surface area (Å²) in [6, 6.07) is 6.23. The van der Waals surface area contributed by atoms with E-state index in [1.807, 2.05) is 0 Å². The van der Waals surface area contributed by atoms with Gasteiger partial charge in [0.05, 0.1) is 6.04 Å². The third-order valence-corrected chi connectivity index (χ3v) is 5.07. The highest BCUT2D eigenvalue weighted by molar-refractivity contribution is 5.96. The molecule has 28 heavy (non-hydrogen) atoms. The fourth-order valence-electron chi connectivity index (χ4n) is 3.94. The van der Waals surface area contributed by atoms with Crippen LogP contribution in [0.15, 0.2) is 36.5 Å². The van der Waals surface area contributed by atoms with Crippen LogP contribution in [-0.2, 0) is 0 Å². The van der Waals surface area contributed by atoms with Gasteiger partial charge in [0.2, 0.25) is 0 Å². The molecule has 0 radical (unpaired) electrons. The molecule has 0 saturated carbocycles. The fraction of sp³-hybridized carbons (Fsp3) is 0.381. The monoisotopic (exact) mass is 388 g/mol. The lowest BCUT2D eigenvalue weighted by Gasteiger charge is -2.43. The number of carboxylic acid groups (broad SMARTS) is 1. The van der Waals surface area contributed by atoms with Crippen LogP contribution < -0.4 is 0 Å². The van der Waals surface area contributed by atoms with E-state index < -0.39 is 35.2 Å². The Morgan fingerprint density at radius 3 is 2.50 bits per heavy atom. The summed E-state index contributed by atoms with van der Waals surface area (Å²) in [5.74, 6) is -2.99. The van der Waals surface area contributed by atoms with Gasteiger partial charge in [-0.05, 0) is 44.9 Å². The summed E-state index contributed by atoms with van der Waals surface area (Å²) in [4.78, 5) is 30.2. The summed E-state index contributed by atoms with van der Waals surface area (Å²) in [5.41, 5.74) is -0.192. The molecule has 7 heteroatoms. The van der Waals surface area contributed by atoms with E-state index in [9.17, 15) is 23.5 Å². The predicted molar refractivity (Wildman–Crippen MR) is 99.3 cm³/mol. The molecule has 1 heterocycles. The number of carbonyl (C=O) groups is 2. The maximum absolute atomic E-state index is 14.7. The van der Waals surface area contributed by atoms with Crippen molar-refractivity contribution >= 4 is 11.9 Å². The van der Waals surface area contributed by atoms with E-state index in [0.717, 1.165) is 6.07 Å². The van der Waals surface area contributed by atoms with E-state index >= 15 is 0 Å². The first-order valence-corrected chi connectivity index (χ1v) is 9.07. The Labute approximate surface area is 162 Å². The Bertz CT molecular complexity index is 924. The van der Waals surface area contributed by atoms with E-state index in [4.69, 9.17) is 0 Å². The molecule has 0 aliphatic heterocycles. The molecule has 0 bridgehead atoms. The molecule has 0 saturated heterocycles. The van der Waals surface area contributed by atoms with E-state index in [1.165, 1.54) is 23.2 Å². The first-order valence-electron chi connectivity index (χ1n) is 9.07. The number of halogens is 2. The zero-order chi connectivity index (χ0) is 20.6. The van der Waals surface area contributed by atoms with E-state index in [1.54, 1.807) is 32.9 Å². The van der Waals surface area contributed by atoms with Crippen molar-refractivity contribution in [3.63, 3.8) is 0 Å². The maximum Gasteiger partial charge on any atom is 0.408 e. The molecule has 1 N–H and O–H groups in total. The van der Waals surface area contributed by atoms with Gasteiger partial charge in [-0.25, -0.2) is 13.6 Å². The minimum absolute atomic E-state index is 0.0602. The number of aromatic nitrogens is 1. The number of benzene rings is 1. The largest absolute Gasteiger partial charge is 0.465 e. The van der Waals surface area contributed by atoms with Gasteiger partial charge in [0.15, 0.2) is 17.4 Å². The normalized spacial score (nSPS) is 19.7. The molecule has 1 aromatic carbocycles. The number of pyridine rings is 1. The number of hydrogen-bond donors (Lipinski definition) is 1. The molecule has 0 fully saturated rings. The van der Waals surface area contributed by atoms with Crippen molar-refractivity contribution in [1.82, 2.24) is 9.88 Å². The van der Waals surface area contributed by atoms with Gasteiger partial charge < -0.3 is 5.11 Å². The van der Waals surface area contributed by atoms with Crippen LogP contribution in [0.5, 0.6) is 0 Å². The summed E-state index contributed by atoms with van der Waals surface area (Å²) in [7, 11) is 0. The first kappa shape index (κ1) is 19.9. The SMILES string of the molecule is CC(C)(C)N(C(=O)O)[C@@H]1c2cccnc2C(=O)CC[C@@H]1c1cccc(F)c1F. The highest BCUT2D eigenvalue weighted by Crippen LogP contribution is 2.46. The molecule has 2 aromatic rings. The van der Waals surface area contributed by atoms with Crippen LogP contribution in [0.4, 0.5) is 13.6 Å². The number of hydrogen-bond acceptors (Lipinski definition) is 3. The fourth-order valence-corrected chi connectivity index (χ4v) is 3.94. The second-order valence-electron chi connectivity index (χ2n) is 7.92. The molecule has 3 rings (SSSR count). The molecular weight excluding hydrogens is 366 g/mol. The number of rotatable bonds is 2. The minimum Gasteiger partial charge on any atom is -0.465 e. The Morgan fingerprint density at radius 2 is 1.86 bits per heavy atom. The van der Waals surface area contributed by atoms with Crippen molar-refractivity contribution in [3.05, 3.63) is 65.0 Å². The van der Waals surface area contributed by atoms with Gasteiger partial charge in [-0.3, -0.25) is 14.7 Å². The van der Waals surface area contributed by atoms with Gasteiger partial charge >= 0.3 is 6.09 Å². The van der Waals surface area contributed by atoms with Gasteiger partial charge in [0, 0.05) is 29.6 Å². The zero-order valence-corrected chi connectivity index (χ0v) is 15.9. The van der Waals surface area contributed by atoms with Crippen LogP contribution in [0.2, 0.25) is 0 Å². The molecule has 0 unspecified atom stereocenters. The molecule has 148 valence electrons. The van der Waals surface area contributed by atoms with Crippen molar-refractivity contribution in [2.75, 3.05) is 0 Å². The Morgan fingerprint density at radius 1 is 1.18 bits per heavy atom. The Balaban J connectivity index is 2.30. The van der Waals surface area contributed by atoms with Crippen molar-refractivity contribution in [2.45, 2.75) is 51.1 Å². The molecule has 1 aliphatic carbocycles. The van der Waals surface area contributed by atoms with Gasteiger partial charge in [-0.15, -0.1) is 0 Å². The molecule has 1 amide bonds. The van der Waals surface area contributed by atoms with Crippen LogP contribution in [0.1, 0.15) is 67.2 Å². The summed E-state index contributed by atoms with van der Waals surface area (Å²) < 4.78 is 28.6. The van der Waals surface area contributed by atoms with Crippen LogP contribution in [0.3, 0.4) is 0 Å². The lowest BCUT2D eigenvalue weighted by Crippen LogP contribution is -2.49. The third kappa shape index (κ3) is 3.48. The molecular formula is C21H22F2N2O3. The van der Waals surface area contributed by atoms with Crippen LogP contribution in [-0.4, -0.2) is 32.4 Å². The van der Waals surface area contributed by atoms with E-state index in [-0.39, 0.29) is 29.9 Å². The first-order chi connectivity index (χ1) is 13.1. The summed E-state index contributed by atoms with van der Waals surface area (Å²) >= 11 is 0. The topological polar surface area (TPSA) is 70.5 Å². The highest BCUT2D eigenvalue weighted by atomic mass is 19.2. The standard InChI is InChI=1S/C21H22F2N2O3/c1-21(2,3)25(20(27)28)19-13(12-6-4-8-15(22)17(12)23)9-10-16(26)18-14(19)7-5-11-24-18/h4-8,11,13,19H,9-10H2,1-3H3,(H,27,28)/t13-,19+/m1/s1. The maximum atomic E-state index is 14.7. The second kappa shape index (κ2) is 7.30. The molecule has 0 spiro atoms. The Kier molecular flexibility index (Phi) is 5.19. The molecule has 2 atom stereocenters. The second-order valence-corrected chi connectivity index (χ2v) is 7.92. The number of amides is 1. The molecule has 5 nitrogen and oxygen atoms in total. The quantitative estimate of drug-likeness (QED) is 0.740. The summed E-state index contributed by atoms with van der Waals surface area (Å²) in [5, 5.41) is 9.99. The van der Waals surface area contributed by atoms with Crippen molar-refractivity contribution in [3.8, 4) is 0 Å². The Hall–Kier alpha value is -2.83. The van der Waals surface area contributed by atoms with Crippen molar-refractivity contribution in [1.29, 1.82) is 0 Å². The lowest BCUT2D eigenvalue weighted by molar-refractivity contribution is 0.0586. The predicted octanol–water partition coefficient (Wildman–Crippen LogP) is 4.94. The van der Waals surface area contributed by atoms with Crippen LogP contribution >= 0.6 is 0 Å². The van der Waals surface area contributed by atoms with Gasteiger partial charge in [-0.1, -0.05) is 18.2 Å². The summed E-state index contributed by atoms with van der Waals surface area (Å²) in [6.45, 7) is 5.18. The van der Waals surface area contributed by atoms with Gasteiger partial charge in [0.1, 0.15) is 5.69 Å². The average molecular weight is 388 g/mol. The average Bonchev–Trinajstić information content (AvgIpc) is 2.75. The van der Waals surface area contributed by atoms with E-state index in [2.05, 4.69) is 4.98 Å². The van der Waals surface area contributed by atoms with Gasteiger partial charge in [-0.2, -0.15) is 0 Å². The molecule has 1 aliphatic rings. The number of carbonyl (C=O) groups excluding carboxylic acids is 1. The van der Waals surface area contributed by atoms with Crippen molar-refractivity contribution in [2.24, 2.45) is 0 Å². The third-order valence-electron chi connectivity index (χ3n) is 5.07. The minimum atomic E-state index is -1.21. The highest BCUT2D eigenvalue weighted by Gasteiger charge is 2.43. The number of ketones is 1. The van der Waals surface area contributed by atoms with Gasteiger partial charge in [0.25, 0.3) is 0 Å².